The summed E-state index contributed by atoms with van der Waals surface area (Å²) in [6.07, 6.45) is 0. The molecular formula is C17H13ClN2O4S. The third-order valence-electron chi connectivity index (χ3n) is 3.56. The van der Waals surface area contributed by atoms with Crippen molar-refractivity contribution >= 4 is 27.4 Å². The molecule has 3 aromatic rings. The molecule has 128 valence electrons. The van der Waals surface area contributed by atoms with Gasteiger partial charge >= 0.3 is 5.97 Å². The standard InChI is InChI=1S/C17H13ClN2O4S/c18-12-6-7-16(25(23,24)10-11-4-2-1-3-5-11)13(8-12)14-9-15(17(21)22)20-19-14/h1-9H,10H2,(H,19,20)(H,21,22). The van der Waals surface area contributed by atoms with Crippen molar-refractivity contribution in [2.45, 2.75) is 10.6 Å². The number of carboxylic acids is 1. The second-order valence-electron chi connectivity index (χ2n) is 5.36. The number of aromatic carboxylic acids is 1. The second kappa shape index (κ2) is 6.70. The van der Waals surface area contributed by atoms with Crippen LogP contribution in [0.25, 0.3) is 11.3 Å². The first kappa shape index (κ1) is 17.2. The summed E-state index contributed by atoms with van der Waals surface area (Å²) in [6.45, 7) is 0. The second-order valence-corrected chi connectivity index (χ2v) is 7.75. The smallest absolute Gasteiger partial charge is 0.353 e. The highest BCUT2D eigenvalue weighted by atomic mass is 35.5. The predicted octanol–water partition coefficient (Wildman–Crippen LogP) is 3.40. The summed E-state index contributed by atoms with van der Waals surface area (Å²) >= 11 is 6.00. The fourth-order valence-corrected chi connectivity index (χ4v) is 4.15. The molecule has 25 heavy (non-hydrogen) atoms. The minimum Gasteiger partial charge on any atom is -0.477 e. The number of aromatic nitrogens is 2. The summed E-state index contributed by atoms with van der Waals surface area (Å²) in [7, 11) is -3.68. The van der Waals surface area contributed by atoms with Crippen molar-refractivity contribution in [3.63, 3.8) is 0 Å². The van der Waals surface area contributed by atoms with Gasteiger partial charge in [-0.15, -0.1) is 0 Å². The highest BCUT2D eigenvalue weighted by Crippen LogP contribution is 2.31. The topological polar surface area (TPSA) is 100 Å². The van der Waals surface area contributed by atoms with Crippen molar-refractivity contribution < 1.29 is 18.3 Å². The first-order valence-corrected chi connectivity index (χ1v) is 9.25. The molecule has 2 N–H and O–H groups in total. The highest BCUT2D eigenvalue weighted by molar-refractivity contribution is 7.90. The monoisotopic (exact) mass is 376 g/mol. The number of benzene rings is 2. The lowest BCUT2D eigenvalue weighted by Crippen LogP contribution is -2.07. The molecule has 0 saturated heterocycles. The van der Waals surface area contributed by atoms with Gasteiger partial charge in [-0.2, -0.15) is 5.10 Å². The molecule has 0 unspecified atom stereocenters. The number of H-pyrrole nitrogens is 1. The molecule has 1 aromatic heterocycles. The summed E-state index contributed by atoms with van der Waals surface area (Å²) < 4.78 is 25.7. The SMILES string of the molecule is O=C(O)c1cc(-c2cc(Cl)ccc2S(=O)(=O)Cc2ccccc2)n[nH]1. The molecule has 0 amide bonds. The van der Waals surface area contributed by atoms with Crippen LogP contribution in [0.1, 0.15) is 16.1 Å². The number of carboxylic acid groups (broad SMARTS) is 1. The Hall–Kier alpha value is -2.64. The summed E-state index contributed by atoms with van der Waals surface area (Å²) in [5.41, 5.74) is 0.969. The van der Waals surface area contributed by atoms with E-state index in [2.05, 4.69) is 10.2 Å². The predicted molar refractivity (Wildman–Crippen MR) is 93.3 cm³/mol. The Morgan fingerprint density at radius 1 is 1.12 bits per heavy atom. The average Bonchev–Trinajstić information content (AvgIpc) is 3.05. The number of aromatic amines is 1. The Balaban J connectivity index is 2.08. The van der Waals surface area contributed by atoms with E-state index in [0.29, 0.717) is 10.6 Å². The van der Waals surface area contributed by atoms with Gasteiger partial charge in [0.1, 0.15) is 5.69 Å². The van der Waals surface area contributed by atoms with E-state index in [9.17, 15) is 13.2 Å². The molecule has 6 nitrogen and oxygen atoms in total. The van der Waals surface area contributed by atoms with Gasteiger partial charge < -0.3 is 5.11 Å². The Morgan fingerprint density at radius 3 is 2.48 bits per heavy atom. The average molecular weight is 377 g/mol. The Kier molecular flexibility index (Phi) is 4.61. The molecule has 0 fully saturated rings. The molecule has 0 atom stereocenters. The number of halogens is 1. The number of sulfone groups is 1. The Bertz CT molecular complexity index is 1030. The summed E-state index contributed by atoms with van der Waals surface area (Å²) in [5.74, 6) is -1.37. The minimum absolute atomic E-state index is 0.0455. The summed E-state index contributed by atoms with van der Waals surface area (Å²) in [5, 5.41) is 15.6. The van der Waals surface area contributed by atoms with Crippen LogP contribution in [0.15, 0.2) is 59.5 Å². The third kappa shape index (κ3) is 3.72. The molecule has 0 radical (unpaired) electrons. The lowest BCUT2D eigenvalue weighted by atomic mass is 10.1. The molecule has 0 bridgehead atoms. The molecule has 0 saturated carbocycles. The van der Waals surface area contributed by atoms with Gasteiger partial charge in [-0.05, 0) is 29.8 Å². The van der Waals surface area contributed by atoms with Crippen LogP contribution >= 0.6 is 11.6 Å². The number of nitrogens with zero attached hydrogens (tertiary/aromatic N) is 1. The lowest BCUT2D eigenvalue weighted by Gasteiger charge is -2.10. The molecule has 0 spiro atoms. The first-order chi connectivity index (χ1) is 11.9. The highest BCUT2D eigenvalue weighted by Gasteiger charge is 2.22. The largest absolute Gasteiger partial charge is 0.477 e. The molecule has 3 rings (SSSR count). The van der Waals surface area contributed by atoms with Crippen molar-refractivity contribution in [1.82, 2.24) is 10.2 Å². The van der Waals surface area contributed by atoms with E-state index in [1.165, 1.54) is 24.3 Å². The van der Waals surface area contributed by atoms with Gasteiger partial charge in [0, 0.05) is 10.6 Å². The van der Waals surface area contributed by atoms with Crippen molar-refractivity contribution in [3.8, 4) is 11.3 Å². The van der Waals surface area contributed by atoms with E-state index >= 15 is 0 Å². The van der Waals surface area contributed by atoms with E-state index in [1.807, 2.05) is 0 Å². The normalized spacial score (nSPS) is 11.4. The van der Waals surface area contributed by atoms with Gasteiger partial charge in [0.2, 0.25) is 0 Å². The zero-order valence-corrected chi connectivity index (χ0v) is 14.4. The molecule has 1 heterocycles. The quantitative estimate of drug-likeness (QED) is 0.710. The van der Waals surface area contributed by atoms with Gasteiger partial charge in [0.25, 0.3) is 0 Å². The van der Waals surface area contributed by atoms with E-state index in [0.717, 1.165) is 0 Å². The van der Waals surface area contributed by atoms with E-state index < -0.39 is 15.8 Å². The summed E-state index contributed by atoms with van der Waals surface area (Å²) in [6, 6.07) is 14.4. The maximum absolute atomic E-state index is 12.9. The van der Waals surface area contributed by atoms with Crippen molar-refractivity contribution in [3.05, 3.63) is 70.9 Å². The molecule has 8 heteroatoms. The maximum atomic E-state index is 12.9. The first-order valence-electron chi connectivity index (χ1n) is 7.22. The Morgan fingerprint density at radius 2 is 1.84 bits per heavy atom. The van der Waals surface area contributed by atoms with Crippen LogP contribution in [0.5, 0.6) is 0 Å². The van der Waals surface area contributed by atoms with E-state index in [-0.39, 0.29) is 27.6 Å². The van der Waals surface area contributed by atoms with Crippen molar-refractivity contribution in [1.29, 1.82) is 0 Å². The van der Waals surface area contributed by atoms with Crippen molar-refractivity contribution in [2.75, 3.05) is 0 Å². The molecular weight excluding hydrogens is 364 g/mol. The van der Waals surface area contributed by atoms with Crippen LogP contribution in [0, 0.1) is 0 Å². The van der Waals surface area contributed by atoms with Gasteiger partial charge in [-0.3, -0.25) is 5.10 Å². The molecule has 2 aromatic carbocycles. The maximum Gasteiger partial charge on any atom is 0.353 e. The van der Waals surface area contributed by atoms with Crippen LogP contribution < -0.4 is 0 Å². The van der Waals surface area contributed by atoms with Crippen LogP contribution in [0.3, 0.4) is 0 Å². The number of hydrogen-bond donors (Lipinski definition) is 2. The fourth-order valence-electron chi connectivity index (χ4n) is 2.41. The number of rotatable bonds is 5. The summed E-state index contributed by atoms with van der Waals surface area (Å²) in [4.78, 5) is 11.1. The van der Waals surface area contributed by atoms with Gasteiger partial charge in [-0.25, -0.2) is 13.2 Å². The van der Waals surface area contributed by atoms with E-state index in [1.54, 1.807) is 30.3 Å². The molecule has 0 aliphatic rings. The lowest BCUT2D eigenvalue weighted by molar-refractivity contribution is 0.0690. The van der Waals surface area contributed by atoms with Crippen LogP contribution in [0.4, 0.5) is 0 Å². The van der Waals surface area contributed by atoms with Crippen LogP contribution in [-0.4, -0.2) is 29.7 Å². The van der Waals surface area contributed by atoms with Crippen LogP contribution in [0.2, 0.25) is 5.02 Å². The number of carbonyl (C=O) groups is 1. The molecule has 0 aliphatic heterocycles. The zero-order chi connectivity index (χ0) is 18.0. The third-order valence-corrected chi connectivity index (χ3v) is 5.53. The van der Waals surface area contributed by atoms with Gasteiger partial charge in [0.05, 0.1) is 16.3 Å². The van der Waals surface area contributed by atoms with E-state index in [4.69, 9.17) is 16.7 Å². The van der Waals surface area contributed by atoms with Gasteiger partial charge in [0.15, 0.2) is 9.84 Å². The Labute approximate surface area is 149 Å². The number of nitrogens with one attached hydrogen (secondary N) is 1. The minimum atomic E-state index is -3.68. The molecule has 0 aliphatic carbocycles. The van der Waals surface area contributed by atoms with Crippen molar-refractivity contribution in [2.24, 2.45) is 0 Å². The van der Waals surface area contributed by atoms with Crippen LogP contribution in [-0.2, 0) is 15.6 Å². The zero-order valence-electron chi connectivity index (χ0n) is 12.8. The fraction of sp³-hybridized carbons (Fsp3) is 0.0588. The number of hydrogen-bond acceptors (Lipinski definition) is 4. The van der Waals surface area contributed by atoms with Gasteiger partial charge in [-0.1, -0.05) is 41.9 Å².